The summed E-state index contributed by atoms with van der Waals surface area (Å²) in [6.45, 7) is 8.12. The second-order valence-electron chi connectivity index (χ2n) is 10.8. The fourth-order valence-corrected chi connectivity index (χ4v) is 5.89. The molecule has 0 radical (unpaired) electrons. The molecule has 0 saturated carbocycles. The number of fused-ring (bicyclic) bond motifs is 1. The standard InChI is InChI=1S/C33H36F3N3O3S/c1-22-12-16-39(17-13-22)15-6-18-41-31-21-27-25(20-30(31)40-3)29(11-14-37-27)42-28-10-9-24(19-23(28)2)38-43-32-8-5-4-7-26(32)33(34,35)36/h4-5,7-11,14,19-22,38H,6,12-13,15-18H2,1-3H3. The molecule has 6 nitrogen and oxygen atoms in total. The lowest BCUT2D eigenvalue weighted by atomic mass is 9.99. The maximum absolute atomic E-state index is 13.3. The largest absolute Gasteiger partial charge is 0.493 e. The van der Waals surface area contributed by atoms with Crippen molar-refractivity contribution in [3.8, 4) is 23.0 Å². The zero-order chi connectivity index (χ0) is 30.4. The van der Waals surface area contributed by atoms with E-state index in [-0.39, 0.29) is 4.90 Å². The third kappa shape index (κ3) is 7.86. The zero-order valence-corrected chi connectivity index (χ0v) is 25.4. The summed E-state index contributed by atoms with van der Waals surface area (Å²) in [6.07, 6.45) is 0.716. The molecule has 1 aromatic heterocycles. The van der Waals surface area contributed by atoms with Gasteiger partial charge in [-0.3, -0.25) is 4.98 Å². The Balaban J connectivity index is 1.25. The van der Waals surface area contributed by atoms with Crippen LogP contribution in [0.25, 0.3) is 10.9 Å². The van der Waals surface area contributed by atoms with Gasteiger partial charge in [-0.25, -0.2) is 0 Å². The van der Waals surface area contributed by atoms with Crippen LogP contribution in [0, 0.1) is 12.8 Å². The van der Waals surface area contributed by atoms with E-state index in [0.29, 0.717) is 40.8 Å². The second-order valence-corrected chi connectivity index (χ2v) is 11.7. The SMILES string of the molecule is COc1cc2c(Oc3ccc(NSc4ccccc4C(F)(F)F)cc3C)ccnc2cc1OCCCN1CCC(C)CC1. The maximum Gasteiger partial charge on any atom is 0.417 e. The fourth-order valence-electron chi connectivity index (χ4n) is 5.10. The smallest absolute Gasteiger partial charge is 0.417 e. The number of piperidine rings is 1. The number of nitrogens with zero attached hydrogens (tertiary/aromatic N) is 2. The molecule has 4 aromatic rings. The Bertz CT molecular complexity index is 1540. The molecule has 0 unspecified atom stereocenters. The average Bonchev–Trinajstić information content (AvgIpc) is 2.99. The Morgan fingerprint density at radius 2 is 1.77 bits per heavy atom. The first-order valence-electron chi connectivity index (χ1n) is 14.4. The molecule has 43 heavy (non-hydrogen) atoms. The summed E-state index contributed by atoms with van der Waals surface area (Å²) in [6, 6.07) is 16.4. The van der Waals surface area contributed by atoms with Crippen molar-refractivity contribution < 1.29 is 27.4 Å². The molecule has 3 aromatic carbocycles. The molecule has 0 atom stereocenters. The summed E-state index contributed by atoms with van der Waals surface area (Å²) in [5.74, 6) is 3.28. The molecule has 1 N–H and O–H groups in total. The van der Waals surface area contributed by atoms with E-state index in [1.165, 1.54) is 25.0 Å². The van der Waals surface area contributed by atoms with Crippen LogP contribution in [0.1, 0.15) is 37.3 Å². The lowest BCUT2D eigenvalue weighted by molar-refractivity contribution is -0.139. The van der Waals surface area contributed by atoms with Gasteiger partial charge in [0.1, 0.15) is 11.5 Å². The Kier molecular flexibility index (Phi) is 9.87. The minimum Gasteiger partial charge on any atom is -0.493 e. The first-order chi connectivity index (χ1) is 20.7. The molecular weight excluding hydrogens is 575 g/mol. The van der Waals surface area contributed by atoms with Crippen LogP contribution in [0.5, 0.6) is 23.0 Å². The van der Waals surface area contributed by atoms with Gasteiger partial charge < -0.3 is 23.8 Å². The lowest BCUT2D eigenvalue weighted by Crippen LogP contribution is -2.34. The molecule has 2 heterocycles. The summed E-state index contributed by atoms with van der Waals surface area (Å²) in [7, 11) is 1.61. The summed E-state index contributed by atoms with van der Waals surface area (Å²) in [5, 5.41) is 0.773. The van der Waals surface area contributed by atoms with Crippen LogP contribution in [0.2, 0.25) is 0 Å². The first-order valence-corrected chi connectivity index (χ1v) is 15.2. The van der Waals surface area contributed by atoms with Crippen molar-refractivity contribution in [3.05, 3.63) is 78.0 Å². The van der Waals surface area contributed by atoms with Crippen LogP contribution in [-0.2, 0) is 6.18 Å². The monoisotopic (exact) mass is 611 g/mol. The number of halogens is 3. The maximum atomic E-state index is 13.3. The Morgan fingerprint density at radius 1 is 0.977 bits per heavy atom. The van der Waals surface area contributed by atoms with Crippen molar-refractivity contribution in [2.75, 3.05) is 38.1 Å². The number of benzene rings is 3. The van der Waals surface area contributed by atoms with Crippen molar-refractivity contribution in [2.45, 2.75) is 44.2 Å². The molecule has 0 aliphatic carbocycles. The predicted molar refractivity (Wildman–Crippen MR) is 165 cm³/mol. The molecule has 228 valence electrons. The average molecular weight is 612 g/mol. The number of likely N-dealkylation sites (tertiary alicyclic amines) is 1. The number of hydrogen-bond donors (Lipinski definition) is 1. The number of hydrogen-bond acceptors (Lipinski definition) is 7. The van der Waals surface area contributed by atoms with E-state index in [0.717, 1.165) is 60.9 Å². The molecule has 0 bridgehead atoms. The number of alkyl halides is 3. The molecular formula is C33H36F3N3O3S. The minimum atomic E-state index is -4.42. The number of pyridine rings is 1. The highest BCUT2D eigenvalue weighted by Crippen LogP contribution is 2.39. The van der Waals surface area contributed by atoms with E-state index in [1.54, 1.807) is 37.6 Å². The quantitative estimate of drug-likeness (QED) is 0.134. The molecule has 1 aliphatic rings. The van der Waals surface area contributed by atoms with Gasteiger partial charge in [-0.15, -0.1) is 0 Å². The predicted octanol–water partition coefficient (Wildman–Crippen LogP) is 8.98. The van der Waals surface area contributed by atoms with Crippen LogP contribution in [0.15, 0.2) is 71.8 Å². The van der Waals surface area contributed by atoms with E-state index in [1.807, 2.05) is 25.1 Å². The van der Waals surface area contributed by atoms with E-state index < -0.39 is 11.7 Å². The third-order valence-corrected chi connectivity index (χ3v) is 8.52. The molecule has 0 spiro atoms. The van der Waals surface area contributed by atoms with Crippen LogP contribution >= 0.6 is 11.9 Å². The molecule has 10 heteroatoms. The molecule has 0 amide bonds. The molecule has 1 saturated heterocycles. The minimum absolute atomic E-state index is 0.102. The highest BCUT2D eigenvalue weighted by atomic mass is 32.2. The van der Waals surface area contributed by atoms with Crippen molar-refractivity contribution >= 4 is 28.5 Å². The fraction of sp³-hybridized carbons (Fsp3) is 0.364. The number of aromatic nitrogens is 1. The lowest BCUT2D eigenvalue weighted by Gasteiger charge is -2.30. The summed E-state index contributed by atoms with van der Waals surface area (Å²) in [5.41, 5.74) is 1.51. The highest BCUT2D eigenvalue weighted by molar-refractivity contribution is 8.00. The van der Waals surface area contributed by atoms with Gasteiger partial charge in [0, 0.05) is 34.8 Å². The van der Waals surface area contributed by atoms with E-state index in [4.69, 9.17) is 14.2 Å². The van der Waals surface area contributed by atoms with Crippen LogP contribution in [0.3, 0.4) is 0 Å². The molecule has 1 aliphatic heterocycles. The van der Waals surface area contributed by atoms with Gasteiger partial charge in [0.15, 0.2) is 11.5 Å². The van der Waals surface area contributed by atoms with E-state index >= 15 is 0 Å². The van der Waals surface area contributed by atoms with E-state index in [9.17, 15) is 13.2 Å². The van der Waals surface area contributed by atoms with Gasteiger partial charge in [0.05, 0.1) is 24.8 Å². The number of rotatable bonds is 11. The normalized spacial score (nSPS) is 14.6. The third-order valence-electron chi connectivity index (χ3n) is 7.61. The van der Waals surface area contributed by atoms with Gasteiger partial charge >= 0.3 is 6.18 Å². The van der Waals surface area contributed by atoms with Gasteiger partial charge in [-0.2, -0.15) is 13.2 Å². The van der Waals surface area contributed by atoms with Gasteiger partial charge in [0.2, 0.25) is 0 Å². The summed E-state index contributed by atoms with van der Waals surface area (Å²) in [4.78, 5) is 7.13. The number of anilines is 1. The second kappa shape index (κ2) is 13.8. The Hall–Kier alpha value is -3.63. The number of aryl methyl sites for hydroxylation is 1. The summed E-state index contributed by atoms with van der Waals surface area (Å²) >= 11 is 0.920. The van der Waals surface area contributed by atoms with Gasteiger partial charge in [-0.05, 0) is 105 Å². The number of ether oxygens (including phenoxy) is 3. The van der Waals surface area contributed by atoms with Crippen LogP contribution < -0.4 is 18.9 Å². The molecule has 1 fully saturated rings. The topological polar surface area (TPSA) is 55.9 Å². The Morgan fingerprint density at radius 3 is 2.51 bits per heavy atom. The van der Waals surface area contributed by atoms with Gasteiger partial charge in [0.25, 0.3) is 0 Å². The number of nitrogens with one attached hydrogen (secondary N) is 1. The van der Waals surface area contributed by atoms with Crippen LogP contribution in [-0.4, -0.2) is 43.2 Å². The Labute approximate surface area is 254 Å². The van der Waals surface area contributed by atoms with Gasteiger partial charge in [-0.1, -0.05) is 19.1 Å². The van der Waals surface area contributed by atoms with Crippen LogP contribution in [0.4, 0.5) is 18.9 Å². The van der Waals surface area contributed by atoms with E-state index in [2.05, 4.69) is 21.5 Å². The van der Waals surface area contributed by atoms with Crippen molar-refractivity contribution in [1.29, 1.82) is 0 Å². The van der Waals surface area contributed by atoms with Crippen molar-refractivity contribution in [1.82, 2.24) is 9.88 Å². The zero-order valence-electron chi connectivity index (χ0n) is 24.5. The summed E-state index contributed by atoms with van der Waals surface area (Å²) < 4.78 is 61.1. The first kappa shape index (κ1) is 30.8. The highest BCUT2D eigenvalue weighted by Gasteiger charge is 2.33. The molecule has 5 rings (SSSR count). The number of methoxy groups -OCH3 is 1. The van der Waals surface area contributed by atoms with Crippen molar-refractivity contribution in [3.63, 3.8) is 0 Å². The van der Waals surface area contributed by atoms with Crippen molar-refractivity contribution in [2.24, 2.45) is 5.92 Å².